The van der Waals surface area contributed by atoms with Gasteiger partial charge in [0.1, 0.15) is 11.3 Å². The summed E-state index contributed by atoms with van der Waals surface area (Å²) in [6, 6.07) is 7.32. The van der Waals surface area contributed by atoms with Gasteiger partial charge < -0.3 is 15.3 Å². The van der Waals surface area contributed by atoms with E-state index in [1.807, 2.05) is 24.1 Å². The normalized spacial score (nSPS) is 18.3. The molecule has 2 radical (unpaired) electrons. The fourth-order valence-electron chi connectivity index (χ4n) is 3.53. The first-order valence-corrected chi connectivity index (χ1v) is 9.73. The number of amides is 1. The van der Waals surface area contributed by atoms with E-state index < -0.39 is 0 Å². The van der Waals surface area contributed by atoms with Crippen LogP contribution in [0.3, 0.4) is 0 Å². The van der Waals surface area contributed by atoms with E-state index in [9.17, 15) is 9.90 Å². The van der Waals surface area contributed by atoms with Crippen LogP contribution in [0.1, 0.15) is 37.3 Å². The number of carbonyl (C=O) groups is 1. The van der Waals surface area contributed by atoms with Crippen molar-refractivity contribution in [2.45, 2.75) is 31.7 Å². The summed E-state index contributed by atoms with van der Waals surface area (Å²) in [6.07, 6.45) is 4.75. The second-order valence-electron chi connectivity index (χ2n) is 6.79. The van der Waals surface area contributed by atoms with Crippen molar-refractivity contribution in [1.29, 1.82) is 0 Å². The number of carbonyl (C=O) groups excluding carboxylic acids is 1. The molecule has 0 bridgehead atoms. The average Bonchev–Trinajstić information content (AvgIpc) is 2.66. The molecule has 4 nitrogen and oxygen atoms in total. The van der Waals surface area contributed by atoms with Gasteiger partial charge in [0.2, 0.25) is 0 Å². The molecule has 1 aromatic carbocycles. The van der Waals surface area contributed by atoms with E-state index in [4.69, 9.17) is 7.85 Å². The third-order valence-corrected chi connectivity index (χ3v) is 5.51. The van der Waals surface area contributed by atoms with Gasteiger partial charge in [0, 0.05) is 24.0 Å². The van der Waals surface area contributed by atoms with Gasteiger partial charge in [-0.25, -0.2) is 0 Å². The van der Waals surface area contributed by atoms with Crippen LogP contribution in [0.2, 0.25) is 0 Å². The highest BCUT2D eigenvalue weighted by Crippen LogP contribution is 2.41. The van der Waals surface area contributed by atoms with Gasteiger partial charge in [0.05, 0.1) is 13.5 Å². The number of rotatable bonds is 4. The van der Waals surface area contributed by atoms with E-state index in [0.717, 1.165) is 41.7 Å². The molecule has 0 fully saturated rings. The molecule has 2 N–H and O–H groups in total. The minimum absolute atomic E-state index is 0.0157. The maximum Gasteiger partial charge on any atom is 0.261 e. The van der Waals surface area contributed by atoms with Crippen LogP contribution in [0.15, 0.2) is 70.8 Å². The number of nitrogens with zero attached hydrogens (tertiary/aromatic N) is 1. The van der Waals surface area contributed by atoms with E-state index in [2.05, 4.69) is 34.1 Å². The zero-order chi connectivity index (χ0) is 19.7. The van der Waals surface area contributed by atoms with Crippen molar-refractivity contribution in [1.82, 2.24) is 4.90 Å². The lowest BCUT2D eigenvalue weighted by Crippen LogP contribution is -2.32. The quantitative estimate of drug-likeness (QED) is 0.606. The number of fused-ring (bicyclic) bond motifs is 1. The summed E-state index contributed by atoms with van der Waals surface area (Å²) in [7, 11) is 10.2. The van der Waals surface area contributed by atoms with Gasteiger partial charge in [-0.05, 0) is 42.5 Å². The van der Waals surface area contributed by atoms with Crippen molar-refractivity contribution in [2.75, 3.05) is 12.4 Å². The lowest BCUT2D eigenvalue weighted by atomic mass is 9.86. The van der Waals surface area contributed by atoms with E-state index >= 15 is 0 Å². The van der Waals surface area contributed by atoms with Crippen molar-refractivity contribution in [2.24, 2.45) is 0 Å². The maximum atomic E-state index is 12.9. The van der Waals surface area contributed by atoms with Crippen LogP contribution in [0.5, 0.6) is 0 Å². The van der Waals surface area contributed by atoms with Crippen molar-refractivity contribution in [3.05, 3.63) is 76.4 Å². The number of hydrogen-bond acceptors (Lipinski definition) is 3. The third-order valence-electron chi connectivity index (χ3n) is 5.13. The molecule has 0 saturated heterocycles. The number of likely N-dealkylation sites (N-methyl/N-ethyl adjacent to an activating group) is 1. The molecular formula is C21H24BN2O2P. The van der Waals surface area contributed by atoms with Crippen molar-refractivity contribution >= 4 is 28.7 Å². The lowest BCUT2D eigenvalue weighted by Gasteiger charge is -2.36. The average molecular weight is 378 g/mol. The number of allylic oxidation sites excluding steroid dienone is 2. The highest BCUT2D eigenvalue weighted by atomic mass is 31.0. The van der Waals surface area contributed by atoms with Gasteiger partial charge in [-0.3, -0.25) is 4.79 Å². The summed E-state index contributed by atoms with van der Waals surface area (Å²) in [6.45, 7) is 6.10. The molecular weight excluding hydrogens is 354 g/mol. The molecule has 1 heterocycles. The van der Waals surface area contributed by atoms with E-state index in [-0.39, 0.29) is 22.8 Å². The van der Waals surface area contributed by atoms with E-state index in [0.29, 0.717) is 11.4 Å². The maximum absolute atomic E-state index is 12.9. The Morgan fingerprint density at radius 1 is 1.41 bits per heavy atom. The molecule has 1 amide bonds. The standard InChI is InChI=1S/C21H24BN2O2P/c1-4-13-6-5-7-16-18(13)19(25)17(12(2)24(16)3)21(26)23-15-10-8-14(9-11-15)20(22)27/h7-11,20,25H,2,4-6,27H2,1,3H3,(H,23,26). The van der Waals surface area contributed by atoms with Gasteiger partial charge in [-0.1, -0.05) is 37.3 Å². The summed E-state index contributed by atoms with van der Waals surface area (Å²) in [4.78, 5) is 14.8. The van der Waals surface area contributed by atoms with Crippen molar-refractivity contribution < 1.29 is 9.90 Å². The summed E-state index contributed by atoms with van der Waals surface area (Å²) in [5.41, 5.74) is 5.00. The SMILES string of the molecule is [B]C(P)c1ccc(NC(=O)C2=C(O)C3=C(CC)CCC=C3N(C)C2=C)cc1. The van der Waals surface area contributed by atoms with Crippen LogP contribution < -0.4 is 5.32 Å². The molecule has 0 spiro atoms. The Morgan fingerprint density at radius 2 is 2.07 bits per heavy atom. The van der Waals surface area contributed by atoms with E-state index in [1.54, 1.807) is 12.1 Å². The second kappa shape index (κ2) is 7.78. The Kier molecular flexibility index (Phi) is 5.62. The van der Waals surface area contributed by atoms with Crippen LogP contribution >= 0.6 is 9.24 Å². The topological polar surface area (TPSA) is 52.6 Å². The minimum Gasteiger partial charge on any atom is -0.506 e. The zero-order valence-corrected chi connectivity index (χ0v) is 16.9. The molecule has 1 aromatic rings. The van der Waals surface area contributed by atoms with Gasteiger partial charge in [0.15, 0.2) is 0 Å². The molecule has 1 aliphatic carbocycles. The van der Waals surface area contributed by atoms with Crippen LogP contribution in [0.4, 0.5) is 5.69 Å². The molecule has 0 aromatic heterocycles. The monoisotopic (exact) mass is 378 g/mol. The van der Waals surface area contributed by atoms with Gasteiger partial charge >= 0.3 is 0 Å². The molecule has 3 rings (SSSR count). The number of benzene rings is 1. The second-order valence-corrected chi connectivity index (χ2v) is 7.51. The number of aliphatic hydroxyl groups excluding tert-OH is 1. The number of aliphatic hydroxyl groups is 1. The van der Waals surface area contributed by atoms with Gasteiger partial charge in [-0.2, -0.15) is 0 Å². The lowest BCUT2D eigenvalue weighted by molar-refractivity contribution is -0.112. The smallest absolute Gasteiger partial charge is 0.261 e. The molecule has 2 unspecified atom stereocenters. The first-order chi connectivity index (χ1) is 12.8. The molecule has 0 saturated carbocycles. The highest BCUT2D eigenvalue weighted by Gasteiger charge is 2.34. The Labute approximate surface area is 164 Å². The number of anilines is 1. The van der Waals surface area contributed by atoms with E-state index in [1.165, 1.54) is 0 Å². The number of nitrogens with one attached hydrogen (secondary N) is 1. The number of hydrogen-bond donors (Lipinski definition) is 2. The van der Waals surface area contributed by atoms with Crippen molar-refractivity contribution in [3.63, 3.8) is 0 Å². The largest absolute Gasteiger partial charge is 0.506 e. The Balaban J connectivity index is 1.96. The van der Waals surface area contributed by atoms with Gasteiger partial charge in [0.25, 0.3) is 5.91 Å². The van der Waals surface area contributed by atoms with Crippen molar-refractivity contribution in [3.8, 4) is 0 Å². The Bertz CT molecular complexity index is 882. The molecule has 138 valence electrons. The summed E-state index contributed by atoms with van der Waals surface area (Å²) < 4.78 is 0. The summed E-state index contributed by atoms with van der Waals surface area (Å²) in [5.74, 6) is -0.359. The highest BCUT2D eigenvalue weighted by molar-refractivity contribution is 7.20. The Morgan fingerprint density at radius 3 is 2.67 bits per heavy atom. The van der Waals surface area contributed by atoms with Crippen LogP contribution in [-0.4, -0.2) is 30.8 Å². The van der Waals surface area contributed by atoms with Crippen LogP contribution in [0, 0.1) is 0 Å². The van der Waals surface area contributed by atoms with Crippen LogP contribution in [0.25, 0.3) is 0 Å². The molecule has 27 heavy (non-hydrogen) atoms. The fraction of sp³-hybridized carbons (Fsp3) is 0.286. The molecule has 6 heteroatoms. The first-order valence-electron chi connectivity index (χ1n) is 9.06. The molecule has 2 aliphatic rings. The fourth-order valence-corrected chi connectivity index (χ4v) is 3.76. The molecule has 2 atom stereocenters. The third kappa shape index (κ3) is 3.61. The predicted octanol–water partition coefficient (Wildman–Crippen LogP) is 4.32. The van der Waals surface area contributed by atoms with Gasteiger partial charge in [-0.15, -0.1) is 9.24 Å². The predicted molar refractivity (Wildman–Crippen MR) is 114 cm³/mol. The van der Waals surface area contributed by atoms with Crippen LogP contribution in [-0.2, 0) is 4.79 Å². The summed E-state index contributed by atoms with van der Waals surface area (Å²) in [5, 5.41) is 13.8. The summed E-state index contributed by atoms with van der Waals surface area (Å²) >= 11 is 0. The zero-order valence-electron chi connectivity index (χ0n) is 15.7. The minimum atomic E-state index is -0.375. The molecule has 1 aliphatic heterocycles. The first kappa shape index (κ1) is 19.5. The Hall–Kier alpha value is -2.26.